The van der Waals surface area contributed by atoms with Crippen molar-refractivity contribution in [1.82, 2.24) is 9.88 Å². The third kappa shape index (κ3) is 6.19. The minimum Gasteiger partial charge on any atom is -0.506 e. The van der Waals surface area contributed by atoms with Gasteiger partial charge in [0.25, 0.3) is 0 Å². The highest BCUT2D eigenvalue weighted by Crippen LogP contribution is 2.40. The molecule has 4 rings (SSSR count). The predicted molar refractivity (Wildman–Crippen MR) is 139 cm³/mol. The van der Waals surface area contributed by atoms with Gasteiger partial charge in [0.2, 0.25) is 0 Å². The molecule has 0 aliphatic carbocycles. The number of aromatic nitrogens is 1. The lowest BCUT2D eigenvalue weighted by atomic mass is 10.1. The number of nitrogens with zero attached hydrogens (tertiary/aromatic N) is 3. The number of phenols is 1. The van der Waals surface area contributed by atoms with E-state index in [1.165, 1.54) is 18.3 Å². The quantitative estimate of drug-likeness (QED) is 0.371. The Labute approximate surface area is 214 Å². The molecule has 2 N–H and O–H groups in total. The lowest BCUT2D eigenvalue weighted by Crippen LogP contribution is -2.37. The van der Waals surface area contributed by atoms with Crippen LogP contribution >= 0.6 is 23.2 Å². The van der Waals surface area contributed by atoms with Crippen LogP contribution in [0.25, 0.3) is 10.9 Å². The number of rotatable bonds is 8. The summed E-state index contributed by atoms with van der Waals surface area (Å²) in [6.07, 6.45) is 2.34. The van der Waals surface area contributed by atoms with Crippen molar-refractivity contribution in [2.24, 2.45) is 0 Å². The van der Waals surface area contributed by atoms with Crippen LogP contribution in [0.3, 0.4) is 0 Å². The van der Waals surface area contributed by atoms with Gasteiger partial charge in [-0.3, -0.25) is 9.88 Å². The Bertz CT molecular complexity index is 1230. The first kappa shape index (κ1) is 26.6. The number of fused-ring (bicyclic) bond motifs is 1. The van der Waals surface area contributed by atoms with Crippen molar-refractivity contribution in [1.29, 1.82) is 5.26 Å². The molecular weight excluding hydrogens is 491 g/mol. The molecule has 0 saturated carbocycles. The number of aromatic hydroxyl groups is 1. The molecule has 2 aromatic carbocycles. The van der Waals surface area contributed by atoms with E-state index in [0.29, 0.717) is 51.0 Å². The van der Waals surface area contributed by atoms with E-state index in [1.54, 1.807) is 19.2 Å². The smallest absolute Gasteiger partial charge is 0.163 e. The highest BCUT2D eigenvalue weighted by Gasteiger charge is 2.17. The third-order valence-electron chi connectivity index (χ3n) is 5.55. The Morgan fingerprint density at radius 3 is 2.66 bits per heavy atom. The van der Waals surface area contributed by atoms with Gasteiger partial charge in [0.05, 0.1) is 59.4 Å². The van der Waals surface area contributed by atoms with Crippen LogP contribution in [0.2, 0.25) is 10.0 Å². The van der Waals surface area contributed by atoms with Crippen molar-refractivity contribution in [3.05, 3.63) is 46.1 Å². The van der Waals surface area contributed by atoms with Gasteiger partial charge in [-0.15, -0.1) is 0 Å². The Balaban J connectivity index is 0.00000342. The highest BCUT2D eigenvalue weighted by molar-refractivity contribution is 6.37. The normalized spacial score (nSPS) is 13.7. The maximum atomic E-state index is 9.99. The molecule has 1 saturated heterocycles. The van der Waals surface area contributed by atoms with Crippen LogP contribution < -0.4 is 14.8 Å². The van der Waals surface area contributed by atoms with E-state index in [9.17, 15) is 10.4 Å². The summed E-state index contributed by atoms with van der Waals surface area (Å²) in [6, 6.07) is 8.53. The van der Waals surface area contributed by atoms with E-state index in [4.69, 9.17) is 37.4 Å². The number of phenolic OH excluding ortho intramolecular Hbond substituents is 1. The van der Waals surface area contributed by atoms with Gasteiger partial charge in [-0.2, -0.15) is 5.26 Å². The lowest BCUT2D eigenvalue weighted by molar-refractivity contribution is 0.0357. The molecule has 0 bridgehead atoms. The highest BCUT2D eigenvalue weighted by atomic mass is 35.5. The monoisotopic (exact) mass is 518 g/mol. The number of hydrogen-bond donors (Lipinski definition) is 2. The summed E-state index contributed by atoms with van der Waals surface area (Å²) in [6.45, 7) is 4.89. The first-order valence-corrected chi connectivity index (χ1v) is 11.5. The van der Waals surface area contributed by atoms with Crippen LogP contribution in [0.4, 0.5) is 11.4 Å². The maximum Gasteiger partial charge on any atom is 0.163 e. The molecule has 0 radical (unpaired) electrons. The van der Waals surface area contributed by atoms with Crippen molar-refractivity contribution in [3.63, 3.8) is 0 Å². The summed E-state index contributed by atoms with van der Waals surface area (Å²) in [7, 11) is 1.56. The van der Waals surface area contributed by atoms with Crippen LogP contribution in [0.5, 0.6) is 17.2 Å². The molecule has 0 unspecified atom stereocenters. The summed E-state index contributed by atoms with van der Waals surface area (Å²) in [5.41, 5.74) is 1.79. The van der Waals surface area contributed by atoms with Crippen LogP contribution in [0, 0.1) is 11.3 Å². The molecule has 3 aromatic rings. The molecule has 1 aliphatic rings. The number of anilines is 2. The number of pyridine rings is 1. The minimum absolute atomic E-state index is 0. The Morgan fingerprint density at radius 1 is 1.17 bits per heavy atom. The van der Waals surface area contributed by atoms with Crippen molar-refractivity contribution in [3.8, 4) is 23.3 Å². The zero-order valence-corrected chi connectivity index (χ0v) is 20.1. The molecule has 1 fully saturated rings. The number of halogens is 2. The fourth-order valence-electron chi connectivity index (χ4n) is 3.75. The fourth-order valence-corrected chi connectivity index (χ4v) is 4.19. The van der Waals surface area contributed by atoms with Crippen LogP contribution in [-0.4, -0.2) is 61.6 Å². The summed E-state index contributed by atoms with van der Waals surface area (Å²) in [5.74, 6) is 0.960. The molecule has 186 valence electrons. The first-order valence-electron chi connectivity index (χ1n) is 10.8. The molecule has 1 aliphatic heterocycles. The Kier molecular flexibility index (Phi) is 9.24. The van der Waals surface area contributed by atoms with E-state index in [1.807, 2.05) is 0 Å². The number of ether oxygens (including phenoxy) is 3. The number of benzene rings is 2. The zero-order valence-electron chi connectivity index (χ0n) is 18.6. The molecule has 0 spiro atoms. The van der Waals surface area contributed by atoms with Gasteiger partial charge >= 0.3 is 0 Å². The van der Waals surface area contributed by atoms with E-state index in [-0.39, 0.29) is 18.2 Å². The standard InChI is InChI=1S/C24H24Cl2N4O4.CH4/c1-32-22-9-16-19(12-23(22)34-6-2-3-30-4-7-33-8-5-30)28-14-15(13-27)24(16)29-20-11-21(31)18(26)10-17(20)25;/h9-12,14,31H,2-8H2,1H3,(H,28,29);1H4. The molecule has 1 aromatic heterocycles. The lowest BCUT2D eigenvalue weighted by Gasteiger charge is -2.26. The van der Waals surface area contributed by atoms with Gasteiger partial charge in [0, 0.05) is 43.4 Å². The SMILES string of the molecule is C.COc1cc2c(Nc3cc(O)c(Cl)cc3Cl)c(C#N)cnc2cc1OCCCN1CCOCC1. The fraction of sp³-hybridized carbons (Fsp3) is 0.360. The molecule has 2 heterocycles. The second kappa shape index (κ2) is 12.1. The third-order valence-corrected chi connectivity index (χ3v) is 6.17. The number of nitriles is 1. The van der Waals surface area contributed by atoms with Crippen LogP contribution in [0.1, 0.15) is 19.4 Å². The van der Waals surface area contributed by atoms with E-state index < -0.39 is 0 Å². The topological polar surface area (TPSA) is 99.9 Å². The Hall–Kier alpha value is -2.96. The van der Waals surface area contributed by atoms with Crippen molar-refractivity contribution in [2.75, 3.05) is 51.9 Å². The van der Waals surface area contributed by atoms with Gasteiger partial charge < -0.3 is 24.6 Å². The zero-order chi connectivity index (χ0) is 24.1. The number of hydrogen-bond acceptors (Lipinski definition) is 8. The van der Waals surface area contributed by atoms with Crippen LogP contribution in [0.15, 0.2) is 30.5 Å². The number of nitrogens with one attached hydrogen (secondary N) is 1. The summed E-state index contributed by atoms with van der Waals surface area (Å²) >= 11 is 12.2. The van der Waals surface area contributed by atoms with Gasteiger partial charge in [0.15, 0.2) is 11.5 Å². The van der Waals surface area contributed by atoms with E-state index in [2.05, 4.69) is 21.3 Å². The number of morpholine rings is 1. The minimum atomic E-state index is -0.129. The van der Waals surface area contributed by atoms with Gasteiger partial charge in [-0.1, -0.05) is 30.6 Å². The van der Waals surface area contributed by atoms with Crippen molar-refractivity contribution < 1.29 is 19.3 Å². The molecule has 8 nitrogen and oxygen atoms in total. The predicted octanol–water partition coefficient (Wildman–Crippen LogP) is 5.61. The van der Waals surface area contributed by atoms with Crippen molar-refractivity contribution >= 4 is 45.5 Å². The summed E-state index contributed by atoms with van der Waals surface area (Å²) in [5, 5.41) is 23.9. The van der Waals surface area contributed by atoms with E-state index >= 15 is 0 Å². The molecule has 0 amide bonds. The second-order valence-electron chi connectivity index (χ2n) is 7.74. The molecule has 10 heteroatoms. The molecule has 35 heavy (non-hydrogen) atoms. The average molecular weight is 519 g/mol. The maximum absolute atomic E-state index is 9.99. The average Bonchev–Trinajstić information content (AvgIpc) is 2.85. The number of methoxy groups -OCH3 is 1. The van der Waals surface area contributed by atoms with Crippen LogP contribution in [-0.2, 0) is 4.74 Å². The first-order chi connectivity index (χ1) is 16.5. The molecule has 0 atom stereocenters. The largest absolute Gasteiger partial charge is 0.506 e. The van der Waals surface area contributed by atoms with Gasteiger partial charge in [-0.25, -0.2) is 0 Å². The van der Waals surface area contributed by atoms with Gasteiger partial charge in [0.1, 0.15) is 11.8 Å². The summed E-state index contributed by atoms with van der Waals surface area (Å²) in [4.78, 5) is 6.78. The van der Waals surface area contributed by atoms with E-state index in [0.717, 1.165) is 39.3 Å². The second-order valence-corrected chi connectivity index (χ2v) is 8.56. The van der Waals surface area contributed by atoms with Gasteiger partial charge in [-0.05, 0) is 18.6 Å². The van der Waals surface area contributed by atoms with Crippen molar-refractivity contribution in [2.45, 2.75) is 13.8 Å². The summed E-state index contributed by atoms with van der Waals surface area (Å²) < 4.78 is 17.0. The Morgan fingerprint density at radius 2 is 1.94 bits per heavy atom. The molecular formula is C25H28Cl2N4O4.